The van der Waals surface area contributed by atoms with Crippen LogP contribution in [0.25, 0.3) is 5.65 Å². The van der Waals surface area contributed by atoms with Crippen molar-refractivity contribution in [2.75, 3.05) is 35.5 Å². The first-order valence-corrected chi connectivity index (χ1v) is 14.2. The smallest absolute Gasteiger partial charge is 0.256 e. The molecule has 1 unspecified atom stereocenters. The van der Waals surface area contributed by atoms with Crippen molar-refractivity contribution >= 4 is 56.3 Å². The molecule has 35 heavy (non-hydrogen) atoms. The number of amides is 1. The van der Waals surface area contributed by atoms with Crippen molar-refractivity contribution in [3.05, 3.63) is 51.8 Å². The number of fused-ring (bicyclic) bond motifs is 1. The van der Waals surface area contributed by atoms with Crippen LogP contribution in [0.5, 0.6) is 0 Å². The standard InChI is InChI=1S/C23H26Cl2N6O3S/c1-35(33,34)28-17-8-7-15(24)12-16(17)23(32)30-11-3-2-6-19(30)18-13-21-26-20(25)14-22(31(21)27-18)29-9-4-5-10-29/h7-8,12-14,19,28H,2-6,9-11H2,1H3. The van der Waals surface area contributed by atoms with Crippen LogP contribution in [0.4, 0.5) is 11.5 Å². The predicted molar refractivity (Wildman–Crippen MR) is 137 cm³/mol. The number of hydrogen-bond donors (Lipinski definition) is 1. The highest BCUT2D eigenvalue weighted by Crippen LogP contribution is 2.35. The van der Waals surface area contributed by atoms with Crippen LogP contribution < -0.4 is 9.62 Å². The second kappa shape index (κ2) is 9.48. The lowest BCUT2D eigenvalue weighted by molar-refractivity contribution is 0.0607. The average molecular weight is 537 g/mol. The first-order chi connectivity index (χ1) is 16.7. The third-order valence-electron chi connectivity index (χ3n) is 6.44. The molecular formula is C23H26Cl2N6O3S. The number of nitrogens with one attached hydrogen (secondary N) is 1. The molecule has 0 aliphatic carbocycles. The summed E-state index contributed by atoms with van der Waals surface area (Å²) in [5.41, 5.74) is 1.77. The van der Waals surface area contributed by atoms with Gasteiger partial charge in [0.25, 0.3) is 5.91 Å². The number of halogens is 2. The largest absolute Gasteiger partial charge is 0.356 e. The Labute approximate surface area is 214 Å². The summed E-state index contributed by atoms with van der Waals surface area (Å²) in [4.78, 5) is 22.2. The highest BCUT2D eigenvalue weighted by molar-refractivity contribution is 7.92. The molecule has 1 aromatic carbocycles. The number of anilines is 2. The van der Waals surface area contributed by atoms with Gasteiger partial charge in [-0.05, 0) is 50.3 Å². The zero-order chi connectivity index (χ0) is 24.7. The van der Waals surface area contributed by atoms with E-state index in [1.54, 1.807) is 15.5 Å². The van der Waals surface area contributed by atoms with Crippen molar-refractivity contribution in [2.45, 2.75) is 38.1 Å². The number of piperidine rings is 1. The summed E-state index contributed by atoms with van der Waals surface area (Å²) >= 11 is 12.5. The number of nitrogens with zero attached hydrogens (tertiary/aromatic N) is 5. The lowest BCUT2D eigenvalue weighted by atomic mass is 9.98. The summed E-state index contributed by atoms with van der Waals surface area (Å²) in [6.07, 6.45) is 5.80. The molecule has 186 valence electrons. The SMILES string of the molecule is CS(=O)(=O)Nc1ccc(Cl)cc1C(=O)N1CCCCC1c1cc2nc(Cl)cc(N3CCCC3)n2n1. The quantitative estimate of drug-likeness (QED) is 0.485. The van der Waals surface area contributed by atoms with E-state index in [1.165, 1.54) is 12.1 Å². The minimum Gasteiger partial charge on any atom is -0.356 e. The van der Waals surface area contributed by atoms with Gasteiger partial charge < -0.3 is 9.80 Å². The lowest BCUT2D eigenvalue weighted by Gasteiger charge is -2.35. The van der Waals surface area contributed by atoms with E-state index < -0.39 is 10.0 Å². The molecule has 1 amide bonds. The second-order valence-electron chi connectivity index (χ2n) is 9.04. The molecule has 12 heteroatoms. The first-order valence-electron chi connectivity index (χ1n) is 11.6. The number of carbonyl (C=O) groups excluding carboxylic acids is 1. The molecule has 2 fully saturated rings. The van der Waals surface area contributed by atoms with Gasteiger partial charge in [0.15, 0.2) is 5.65 Å². The van der Waals surface area contributed by atoms with Gasteiger partial charge in [0.1, 0.15) is 11.0 Å². The molecule has 1 N–H and O–H groups in total. The Morgan fingerprint density at radius 1 is 1.06 bits per heavy atom. The molecule has 5 rings (SSSR count). The number of sulfonamides is 1. The summed E-state index contributed by atoms with van der Waals surface area (Å²) in [5.74, 6) is 0.595. The number of rotatable bonds is 5. The summed E-state index contributed by atoms with van der Waals surface area (Å²) in [6, 6.07) is 7.99. The van der Waals surface area contributed by atoms with E-state index in [0.717, 1.165) is 63.0 Å². The van der Waals surface area contributed by atoms with E-state index in [-0.39, 0.29) is 23.2 Å². The molecule has 1 atom stereocenters. The fourth-order valence-corrected chi connectivity index (χ4v) is 5.83. The maximum atomic E-state index is 13.7. The van der Waals surface area contributed by atoms with Gasteiger partial charge in [-0.3, -0.25) is 9.52 Å². The Kier molecular flexibility index (Phi) is 6.54. The molecule has 9 nitrogen and oxygen atoms in total. The maximum absolute atomic E-state index is 13.7. The van der Waals surface area contributed by atoms with Crippen molar-refractivity contribution in [3.63, 3.8) is 0 Å². The topological polar surface area (TPSA) is 99.9 Å². The van der Waals surface area contributed by atoms with Crippen LogP contribution in [0.3, 0.4) is 0 Å². The number of carbonyl (C=O) groups is 1. The van der Waals surface area contributed by atoms with E-state index in [1.807, 2.05) is 12.1 Å². The van der Waals surface area contributed by atoms with Gasteiger partial charge >= 0.3 is 0 Å². The van der Waals surface area contributed by atoms with Crippen LogP contribution >= 0.6 is 23.2 Å². The zero-order valence-corrected chi connectivity index (χ0v) is 21.6. The van der Waals surface area contributed by atoms with Gasteiger partial charge in [-0.25, -0.2) is 13.4 Å². The number of benzene rings is 1. The lowest BCUT2D eigenvalue weighted by Crippen LogP contribution is -2.39. The molecule has 2 aliphatic heterocycles. The minimum absolute atomic E-state index is 0.200. The molecule has 0 bridgehead atoms. The zero-order valence-electron chi connectivity index (χ0n) is 19.2. The highest BCUT2D eigenvalue weighted by atomic mass is 35.5. The summed E-state index contributed by atoms with van der Waals surface area (Å²) in [7, 11) is -3.58. The van der Waals surface area contributed by atoms with Gasteiger partial charge in [0, 0.05) is 36.8 Å². The fourth-order valence-electron chi connectivity index (χ4n) is 4.90. The van der Waals surface area contributed by atoms with Gasteiger partial charge in [0.2, 0.25) is 10.0 Å². The molecule has 0 saturated carbocycles. The average Bonchev–Trinajstić information content (AvgIpc) is 3.48. The van der Waals surface area contributed by atoms with E-state index >= 15 is 0 Å². The Bertz CT molecular complexity index is 1390. The Morgan fingerprint density at radius 2 is 1.80 bits per heavy atom. The molecule has 2 saturated heterocycles. The molecular weight excluding hydrogens is 511 g/mol. The molecule has 3 aromatic rings. The van der Waals surface area contributed by atoms with Crippen LogP contribution in [0.1, 0.15) is 54.2 Å². The maximum Gasteiger partial charge on any atom is 0.256 e. The van der Waals surface area contributed by atoms with Crippen LogP contribution in [0.15, 0.2) is 30.3 Å². The summed E-state index contributed by atoms with van der Waals surface area (Å²) < 4.78 is 28.0. The van der Waals surface area contributed by atoms with Crippen molar-refractivity contribution < 1.29 is 13.2 Å². The van der Waals surface area contributed by atoms with Crippen molar-refractivity contribution in [2.24, 2.45) is 0 Å². The highest BCUT2D eigenvalue weighted by Gasteiger charge is 2.32. The number of aromatic nitrogens is 3. The van der Waals surface area contributed by atoms with Crippen LogP contribution in [-0.2, 0) is 10.0 Å². The minimum atomic E-state index is -3.58. The van der Waals surface area contributed by atoms with Crippen molar-refractivity contribution in [1.82, 2.24) is 19.5 Å². The third-order valence-corrected chi connectivity index (χ3v) is 7.46. The third kappa shape index (κ3) is 5.05. The molecule has 4 heterocycles. The van der Waals surface area contributed by atoms with E-state index in [9.17, 15) is 13.2 Å². The normalized spacial score (nSPS) is 18.9. The first kappa shape index (κ1) is 24.1. The summed E-state index contributed by atoms with van der Waals surface area (Å²) in [5, 5.41) is 5.62. The van der Waals surface area contributed by atoms with E-state index in [2.05, 4.69) is 14.6 Å². The molecule has 0 radical (unpaired) electrons. The molecule has 0 spiro atoms. The Morgan fingerprint density at radius 3 is 2.54 bits per heavy atom. The number of hydrogen-bond acceptors (Lipinski definition) is 6. The van der Waals surface area contributed by atoms with Gasteiger partial charge in [-0.2, -0.15) is 9.61 Å². The van der Waals surface area contributed by atoms with Crippen molar-refractivity contribution in [1.29, 1.82) is 0 Å². The second-order valence-corrected chi connectivity index (χ2v) is 11.6. The Hall–Kier alpha value is -2.56. The van der Waals surface area contributed by atoms with Gasteiger partial charge in [0.05, 0.1) is 29.2 Å². The summed E-state index contributed by atoms with van der Waals surface area (Å²) in [6.45, 7) is 2.39. The van der Waals surface area contributed by atoms with Crippen LogP contribution in [-0.4, -0.2) is 59.7 Å². The van der Waals surface area contributed by atoms with Gasteiger partial charge in [-0.1, -0.05) is 23.2 Å². The van der Waals surface area contributed by atoms with E-state index in [4.69, 9.17) is 28.3 Å². The number of likely N-dealkylation sites (tertiary alicyclic amines) is 1. The molecule has 2 aromatic heterocycles. The monoisotopic (exact) mass is 536 g/mol. The van der Waals surface area contributed by atoms with Gasteiger partial charge in [-0.15, -0.1) is 0 Å². The Balaban J connectivity index is 1.53. The van der Waals surface area contributed by atoms with Crippen LogP contribution in [0.2, 0.25) is 10.2 Å². The van der Waals surface area contributed by atoms with Crippen LogP contribution in [0, 0.1) is 0 Å². The fraction of sp³-hybridized carbons (Fsp3) is 0.435. The molecule has 2 aliphatic rings. The predicted octanol–water partition coefficient (Wildman–Crippen LogP) is 4.38. The van der Waals surface area contributed by atoms with E-state index in [0.29, 0.717) is 22.4 Å². The van der Waals surface area contributed by atoms with Crippen molar-refractivity contribution in [3.8, 4) is 0 Å².